The number of hydrogen-bond donors (Lipinski definition) is 2. The average molecular weight is 438 g/mol. The third-order valence-electron chi connectivity index (χ3n) is 5.30. The smallest absolute Gasteiger partial charge is 0.243 e. The molecule has 3 aromatic rings. The van der Waals surface area contributed by atoms with Gasteiger partial charge in [0, 0.05) is 31.3 Å². The van der Waals surface area contributed by atoms with Gasteiger partial charge in [-0.05, 0) is 50.2 Å². The SMILES string of the molecule is Cc1ccc(-c2n[nH]c(=S)n2CCC(=O)N(C)CC(=O)Nc2cccc(C)c2C)cc1. The van der Waals surface area contributed by atoms with E-state index in [1.807, 2.05) is 67.8 Å². The van der Waals surface area contributed by atoms with Crippen LogP contribution in [0, 0.1) is 25.5 Å². The van der Waals surface area contributed by atoms with Crippen molar-refractivity contribution in [3.8, 4) is 11.4 Å². The molecule has 1 aromatic heterocycles. The van der Waals surface area contributed by atoms with E-state index in [9.17, 15) is 9.59 Å². The number of rotatable bonds is 7. The Bertz CT molecular complexity index is 1150. The molecule has 2 aromatic carbocycles. The predicted octanol–water partition coefficient (Wildman–Crippen LogP) is 4.02. The zero-order valence-corrected chi connectivity index (χ0v) is 19.0. The van der Waals surface area contributed by atoms with E-state index in [1.165, 1.54) is 4.90 Å². The summed E-state index contributed by atoms with van der Waals surface area (Å²) in [6.07, 6.45) is 0.208. The minimum Gasteiger partial charge on any atom is -0.336 e. The Hall–Kier alpha value is -3.26. The molecular weight excluding hydrogens is 410 g/mol. The molecule has 8 heteroatoms. The van der Waals surface area contributed by atoms with Crippen LogP contribution in [0.4, 0.5) is 5.69 Å². The van der Waals surface area contributed by atoms with E-state index in [2.05, 4.69) is 15.5 Å². The maximum atomic E-state index is 12.6. The molecule has 0 bridgehead atoms. The Morgan fingerprint density at radius 3 is 2.55 bits per heavy atom. The number of nitrogens with zero attached hydrogens (tertiary/aromatic N) is 3. The topological polar surface area (TPSA) is 83.0 Å². The van der Waals surface area contributed by atoms with Crippen LogP contribution in [0.2, 0.25) is 0 Å². The first kappa shape index (κ1) is 22.4. The third-order valence-corrected chi connectivity index (χ3v) is 5.61. The number of aromatic nitrogens is 3. The summed E-state index contributed by atoms with van der Waals surface area (Å²) in [5, 5.41) is 9.99. The molecule has 0 radical (unpaired) electrons. The Morgan fingerprint density at radius 2 is 1.84 bits per heavy atom. The maximum absolute atomic E-state index is 12.6. The van der Waals surface area contributed by atoms with Crippen molar-refractivity contribution < 1.29 is 9.59 Å². The largest absolute Gasteiger partial charge is 0.336 e. The Morgan fingerprint density at radius 1 is 1.13 bits per heavy atom. The third kappa shape index (κ3) is 5.46. The highest BCUT2D eigenvalue weighted by Crippen LogP contribution is 2.19. The van der Waals surface area contributed by atoms with Gasteiger partial charge in [0.1, 0.15) is 0 Å². The second-order valence-corrected chi connectivity index (χ2v) is 8.05. The lowest BCUT2D eigenvalue weighted by Crippen LogP contribution is -2.35. The van der Waals surface area contributed by atoms with Gasteiger partial charge in [-0.2, -0.15) is 5.10 Å². The van der Waals surface area contributed by atoms with E-state index < -0.39 is 0 Å². The highest BCUT2D eigenvalue weighted by Gasteiger charge is 2.16. The van der Waals surface area contributed by atoms with Gasteiger partial charge < -0.3 is 10.2 Å². The summed E-state index contributed by atoms with van der Waals surface area (Å²) in [5.41, 5.74) is 4.96. The molecule has 162 valence electrons. The molecule has 0 spiro atoms. The van der Waals surface area contributed by atoms with E-state index in [1.54, 1.807) is 7.05 Å². The van der Waals surface area contributed by atoms with E-state index in [-0.39, 0.29) is 24.8 Å². The minimum absolute atomic E-state index is 0.0200. The van der Waals surface area contributed by atoms with Crippen LogP contribution in [0.3, 0.4) is 0 Å². The van der Waals surface area contributed by atoms with Crippen molar-refractivity contribution in [1.82, 2.24) is 19.7 Å². The maximum Gasteiger partial charge on any atom is 0.243 e. The Kier molecular flexibility index (Phi) is 7.02. The van der Waals surface area contributed by atoms with Crippen LogP contribution >= 0.6 is 12.2 Å². The molecule has 3 rings (SSSR count). The fourth-order valence-corrected chi connectivity index (χ4v) is 3.45. The number of aryl methyl sites for hydroxylation is 2. The Balaban J connectivity index is 1.60. The number of hydrogen-bond acceptors (Lipinski definition) is 4. The van der Waals surface area contributed by atoms with Crippen molar-refractivity contribution in [3.63, 3.8) is 0 Å². The van der Waals surface area contributed by atoms with Gasteiger partial charge in [-0.1, -0.05) is 42.0 Å². The highest BCUT2D eigenvalue weighted by atomic mass is 32.1. The van der Waals surface area contributed by atoms with Crippen molar-refractivity contribution in [2.45, 2.75) is 33.7 Å². The van der Waals surface area contributed by atoms with Crippen LogP contribution in [0.5, 0.6) is 0 Å². The molecule has 2 amide bonds. The van der Waals surface area contributed by atoms with Gasteiger partial charge in [0.25, 0.3) is 0 Å². The fraction of sp³-hybridized carbons (Fsp3) is 0.304. The van der Waals surface area contributed by atoms with Crippen LogP contribution in [-0.4, -0.2) is 45.1 Å². The summed E-state index contributed by atoms with van der Waals surface area (Å²) in [5.74, 6) is 0.312. The van der Waals surface area contributed by atoms with Crippen molar-refractivity contribution >= 4 is 29.7 Å². The molecule has 0 aliphatic heterocycles. The number of amides is 2. The molecule has 7 nitrogen and oxygen atoms in total. The van der Waals surface area contributed by atoms with Crippen molar-refractivity contribution in [2.24, 2.45) is 0 Å². The van der Waals surface area contributed by atoms with Crippen LogP contribution in [-0.2, 0) is 16.1 Å². The quantitative estimate of drug-likeness (QED) is 0.547. The zero-order chi connectivity index (χ0) is 22.5. The lowest BCUT2D eigenvalue weighted by Gasteiger charge is -2.18. The van der Waals surface area contributed by atoms with Gasteiger partial charge in [0.2, 0.25) is 11.8 Å². The lowest BCUT2D eigenvalue weighted by molar-refractivity contribution is -0.133. The van der Waals surface area contributed by atoms with Crippen molar-refractivity contribution in [1.29, 1.82) is 0 Å². The van der Waals surface area contributed by atoms with Crippen LogP contribution in [0.15, 0.2) is 42.5 Å². The molecule has 0 fully saturated rings. The van der Waals surface area contributed by atoms with Gasteiger partial charge >= 0.3 is 0 Å². The second-order valence-electron chi connectivity index (χ2n) is 7.67. The van der Waals surface area contributed by atoms with E-state index in [0.29, 0.717) is 17.1 Å². The molecule has 0 aliphatic carbocycles. The van der Waals surface area contributed by atoms with Gasteiger partial charge in [-0.3, -0.25) is 19.3 Å². The van der Waals surface area contributed by atoms with Gasteiger partial charge in [-0.25, -0.2) is 0 Å². The number of likely N-dealkylation sites (N-methyl/N-ethyl adjacent to an activating group) is 1. The van der Waals surface area contributed by atoms with Crippen LogP contribution in [0.25, 0.3) is 11.4 Å². The lowest BCUT2D eigenvalue weighted by atomic mass is 10.1. The average Bonchev–Trinajstić information content (AvgIpc) is 3.10. The monoisotopic (exact) mass is 437 g/mol. The predicted molar refractivity (Wildman–Crippen MR) is 124 cm³/mol. The molecule has 1 heterocycles. The van der Waals surface area contributed by atoms with E-state index >= 15 is 0 Å². The molecule has 0 saturated carbocycles. The van der Waals surface area contributed by atoms with Crippen molar-refractivity contribution in [3.05, 3.63) is 63.9 Å². The second kappa shape index (κ2) is 9.70. The first-order valence-electron chi connectivity index (χ1n) is 10.1. The molecule has 0 unspecified atom stereocenters. The van der Waals surface area contributed by atoms with Crippen molar-refractivity contribution in [2.75, 3.05) is 18.9 Å². The number of carbonyl (C=O) groups excluding carboxylic acids is 2. The normalized spacial score (nSPS) is 10.7. The number of anilines is 1. The summed E-state index contributed by atoms with van der Waals surface area (Å²) in [4.78, 5) is 26.4. The van der Waals surface area contributed by atoms with E-state index in [0.717, 1.165) is 27.9 Å². The zero-order valence-electron chi connectivity index (χ0n) is 18.2. The number of carbonyl (C=O) groups is 2. The molecular formula is C23H27N5O2S. The van der Waals surface area contributed by atoms with Gasteiger partial charge in [0.15, 0.2) is 10.6 Å². The van der Waals surface area contributed by atoms with E-state index in [4.69, 9.17) is 12.2 Å². The van der Waals surface area contributed by atoms with Gasteiger partial charge in [0.05, 0.1) is 6.54 Å². The molecule has 31 heavy (non-hydrogen) atoms. The summed E-state index contributed by atoms with van der Waals surface area (Å²) in [6.45, 7) is 6.33. The summed E-state index contributed by atoms with van der Waals surface area (Å²) < 4.78 is 2.26. The molecule has 0 atom stereocenters. The molecule has 0 aliphatic rings. The molecule has 0 saturated heterocycles. The Labute approximate surface area is 187 Å². The number of H-pyrrole nitrogens is 1. The van der Waals surface area contributed by atoms with Gasteiger partial charge in [-0.15, -0.1) is 0 Å². The van der Waals surface area contributed by atoms with Crippen LogP contribution < -0.4 is 5.32 Å². The first-order valence-corrected chi connectivity index (χ1v) is 10.5. The summed E-state index contributed by atoms with van der Waals surface area (Å²) >= 11 is 5.34. The first-order chi connectivity index (χ1) is 14.8. The molecule has 2 N–H and O–H groups in total. The summed E-state index contributed by atoms with van der Waals surface area (Å²) in [6, 6.07) is 13.7. The fourth-order valence-electron chi connectivity index (χ4n) is 3.23. The van der Waals surface area contributed by atoms with Crippen LogP contribution in [0.1, 0.15) is 23.1 Å². The highest BCUT2D eigenvalue weighted by molar-refractivity contribution is 7.71. The minimum atomic E-state index is -0.232. The summed E-state index contributed by atoms with van der Waals surface area (Å²) in [7, 11) is 1.63. The standard InChI is InChI=1S/C23H27N5O2S/c1-15-8-10-18(11-9-15)22-25-26-23(31)28(22)13-12-21(30)27(4)14-20(29)24-19-7-5-6-16(2)17(19)3/h5-11H,12-14H2,1-4H3,(H,24,29)(H,26,31). The number of aromatic amines is 1. The number of benzene rings is 2. The number of nitrogens with one attached hydrogen (secondary N) is 2.